The van der Waals surface area contributed by atoms with E-state index < -0.39 is 0 Å². The van der Waals surface area contributed by atoms with Crippen LogP contribution in [0, 0.1) is 0 Å². The van der Waals surface area contributed by atoms with Crippen molar-refractivity contribution in [3.8, 4) is 0 Å². The molecule has 1 atom stereocenters. The molecule has 3 aliphatic rings. The topological polar surface area (TPSA) is 34.0 Å². The SMILES string of the molecule is C1CC2=NSS3=C2C1=NO3. The molecular weight excluding hydrogens is 168 g/mol. The molecule has 0 saturated heterocycles. The van der Waals surface area contributed by atoms with Gasteiger partial charge in [0.1, 0.15) is 15.5 Å². The molecule has 1 unspecified atom stereocenters. The first-order chi connectivity index (χ1) is 4.95. The maximum Gasteiger partial charge on any atom is 0.118 e. The molecule has 5 heteroatoms. The van der Waals surface area contributed by atoms with Crippen LogP contribution in [0.5, 0.6) is 0 Å². The van der Waals surface area contributed by atoms with Gasteiger partial charge < -0.3 is 4.28 Å². The number of oxime groups is 1. The van der Waals surface area contributed by atoms with Gasteiger partial charge in [0.2, 0.25) is 0 Å². The molecule has 10 heavy (non-hydrogen) atoms. The van der Waals surface area contributed by atoms with E-state index in [1.165, 1.54) is 21.6 Å². The van der Waals surface area contributed by atoms with Gasteiger partial charge in [-0.2, -0.15) is 0 Å². The van der Waals surface area contributed by atoms with Gasteiger partial charge in [-0.05, 0) is 12.8 Å². The zero-order valence-corrected chi connectivity index (χ0v) is 6.67. The molecule has 2 heterocycles. The highest BCUT2D eigenvalue weighted by Gasteiger charge is 2.36. The summed E-state index contributed by atoms with van der Waals surface area (Å²) in [6.07, 6.45) is 2.12. The number of nitrogens with zero attached hydrogens (tertiary/aromatic N) is 2. The lowest BCUT2D eigenvalue weighted by Gasteiger charge is -1.88. The van der Waals surface area contributed by atoms with Crippen molar-refractivity contribution in [2.75, 3.05) is 0 Å². The first-order valence-electron chi connectivity index (χ1n) is 3.06. The van der Waals surface area contributed by atoms with E-state index in [0.29, 0.717) is 0 Å². The first kappa shape index (κ1) is 5.37. The van der Waals surface area contributed by atoms with Crippen LogP contribution in [0.15, 0.2) is 9.55 Å². The Hall–Kier alpha value is -0.290. The van der Waals surface area contributed by atoms with E-state index >= 15 is 0 Å². The van der Waals surface area contributed by atoms with E-state index in [4.69, 9.17) is 4.28 Å². The zero-order valence-electron chi connectivity index (χ0n) is 5.03. The molecule has 3 nitrogen and oxygen atoms in total. The fourth-order valence-corrected chi connectivity index (χ4v) is 4.09. The van der Waals surface area contributed by atoms with Gasteiger partial charge in [-0.15, -0.1) is 0 Å². The van der Waals surface area contributed by atoms with Crippen LogP contribution in [0.2, 0.25) is 0 Å². The highest BCUT2D eigenvalue weighted by atomic mass is 33.1. The average Bonchev–Trinajstić information content (AvgIpc) is 2.56. The monoisotopic (exact) mass is 172 g/mol. The van der Waals surface area contributed by atoms with E-state index in [1.54, 1.807) is 0 Å². The van der Waals surface area contributed by atoms with E-state index in [1.807, 2.05) is 0 Å². The van der Waals surface area contributed by atoms with Crippen molar-refractivity contribution in [2.24, 2.45) is 9.55 Å². The molecule has 0 amide bonds. The van der Waals surface area contributed by atoms with Crippen molar-refractivity contribution in [1.29, 1.82) is 0 Å². The first-order valence-corrected chi connectivity index (χ1v) is 5.50. The number of hydrogen-bond acceptors (Lipinski definition) is 4. The van der Waals surface area contributed by atoms with Gasteiger partial charge in [-0.3, -0.25) is 0 Å². The second-order valence-electron chi connectivity index (χ2n) is 2.29. The summed E-state index contributed by atoms with van der Waals surface area (Å²) in [5, 5.41) is 3.97. The summed E-state index contributed by atoms with van der Waals surface area (Å²) < 4.78 is 9.42. The van der Waals surface area contributed by atoms with Gasteiger partial charge in [-0.1, -0.05) is 5.16 Å². The molecular formula is C5H4N2OS2. The van der Waals surface area contributed by atoms with Gasteiger partial charge in [0.05, 0.1) is 21.6 Å². The van der Waals surface area contributed by atoms with Crippen LogP contribution in [0.1, 0.15) is 12.8 Å². The van der Waals surface area contributed by atoms with Crippen LogP contribution in [-0.4, -0.2) is 16.3 Å². The standard InChI is InChI=1S/C5H4N2OS2/c1-2-4-5-3(1)6-8-10(5)9-7-4/h1-2H2. The number of hydrogen-bond donors (Lipinski definition) is 0. The summed E-state index contributed by atoms with van der Waals surface area (Å²) in [5.74, 6) is 0. The third-order valence-electron chi connectivity index (χ3n) is 1.72. The van der Waals surface area contributed by atoms with E-state index in [2.05, 4.69) is 9.55 Å². The lowest BCUT2D eigenvalue weighted by atomic mass is 10.3. The quantitative estimate of drug-likeness (QED) is 0.315. The third kappa shape index (κ3) is 0.487. The normalized spacial score (nSPS) is 33.6. The second kappa shape index (κ2) is 1.65. The third-order valence-corrected chi connectivity index (χ3v) is 4.48. The highest BCUT2D eigenvalue weighted by Crippen LogP contribution is 2.46. The average molecular weight is 172 g/mol. The predicted octanol–water partition coefficient (Wildman–Crippen LogP) is 1.54. The van der Waals surface area contributed by atoms with Gasteiger partial charge in [0.15, 0.2) is 0 Å². The lowest BCUT2D eigenvalue weighted by molar-refractivity contribution is 0.413. The minimum atomic E-state index is -0.140. The Morgan fingerprint density at radius 3 is 3.30 bits per heavy atom. The summed E-state index contributed by atoms with van der Waals surface area (Å²) in [7, 11) is 1.38. The Bertz CT molecular complexity index is 273. The van der Waals surface area contributed by atoms with E-state index in [-0.39, 0.29) is 9.80 Å². The summed E-state index contributed by atoms with van der Waals surface area (Å²) in [4.78, 5) is 1.30. The molecule has 0 radical (unpaired) electrons. The lowest BCUT2D eigenvalue weighted by Crippen LogP contribution is -2.06. The smallest absolute Gasteiger partial charge is 0.118 e. The maximum absolute atomic E-state index is 5.14. The Morgan fingerprint density at radius 2 is 2.30 bits per heavy atom. The molecule has 1 saturated carbocycles. The highest BCUT2D eigenvalue weighted by molar-refractivity contribution is 8.82. The molecule has 1 fully saturated rings. The molecule has 0 bridgehead atoms. The molecule has 0 N–H and O–H groups in total. The minimum Gasteiger partial charge on any atom is -0.317 e. The molecule has 0 aromatic heterocycles. The molecule has 1 aliphatic carbocycles. The Balaban J connectivity index is 2.27. The predicted molar refractivity (Wildman–Crippen MR) is 45.4 cm³/mol. The fourth-order valence-electron chi connectivity index (χ4n) is 1.24. The molecule has 0 aromatic carbocycles. The van der Waals surface area contributed by atoms with Crippen LogP contribution in [0.25, 0.3) is 0 Å². The van der Waals surface area contributed by atoms with Gasteiger partial charge in [0, 0.05) is 0 Å². The molecule has 0 spiro atoms. The van der Waals surface area contributed by atoms with Crippen LogP contribution in [0.3, 0.4) is 0 Å². The van der Waals surface area contributed by atoms with Crippen LogP contribution in [-0.2, 0) is 4.28 Å². The van der Waals surface area contributed by atoms with E-state index in [0.717, 1.165) is 18.6 Å². The van der Waals surface area contributed by atoms with Crippen molar-refractivity contribution in [1.82, 2.24) is 0 Å². The van der Waals surface area contributed by atoms with Gasteiger partial charge in [-0.25, -0.2) is 4.40 Å². The summed E-state index contributed by atoms with van der Waals surface area (Å²) in [6.45, 7) is 0. The summed E-state index contributed by atoms with van der Waals surface area (Å²) in [5.41, 5.74) is 2.37. The summed E-state index contributed by atoms with van der Waals surface area (Å²) >= 11 is 0. The Morgan fingerprint density at radius 1 is 1.40 bits per heavy atom. The number of rotatable bonds is 0. The summed E-state index contributed by atoms with van der Waals surface area (Å²) in [6, 6.07) is 0. The minimum absolute atomic E-state index is 0.140. The van der Waals surface area contributed by atoms with Crippen molar-refractivity contribution >= 4 is 37.1 Å². The van der Waals surface area contributed by atoms with Crippen molar-refractivity contribution in [3.05, 3.63) is 0 Å². The van der Waals surface area contributed by atoms with Crippen LogP contribution < -0.4 is 0 Å². The van der Waals surface area contributed by atoms with E-state index in [9.17, 15) is 0 Å². The molecule has 52 valence electrons. The Kier molecular flexibility index (Phi) is 0.887. The maximum atomic E-state index is 5.14. The van der Waals surface area contributed by atoms with Gasteiger partial charge in [0.25, 0.3) is 0 Å². The fraction of sp³-hybridized carbons (Fsp3) is 0.400. The molecule has 3 rings (SSSR count). The van der Waals surface area contributed by atoms with Gasteiger partial charge >= 0.3 is 0 Å². The Labute approximate surface area is 64.2 Å². The second-order valence-corrected chi connectivity index (χ2v) is 5.00. The van der Waals surface area contributed by atoms with Crippen molar-refractivity contribution < 1.29 is 4.28 Å². The van der Waals surface area contributed by atoms with Crippen molar-refractivity contribution in [3.63, 3.8) is 0 Å². The largest absolute Gasteiger partial charge is 0.317 e. The zero-order chi connectivity index (χ0) is 6.55. The van der Waals surface area contributed by atoms with Crippen LogP contribution in [0.4, 0.5) is 0 Å². The molecule has 0 aromatic rings. The van der Waals surface area contributed by atoms with Crippen molar-refractivity contribution in [2.45, 2.75) is 12.8 Å². The van der Waals surface area contributed by atoms with Crippen LogP contribution >= 0.6 is 20.8 Å². The molecule has 2 aliphatic heterocycles.